The molecule has 0 radical (unpaired) electrons. The molecule has 1 aliphatic rings. The fourth-order valence-electron chi connectivity index (χ4n) is 1.70. The number of pyridine rings is 1. The summed E-state index contributed by atoms with van der Waals surface area (Å²) >= 11 is 5.86. The summed E-state index contributed by atoms with van der Waals surface area (Å²) in [5.41, 5.74) is 6.43. The van der Waals surface area contributed by atoms with Crippen LogP contribution in [0.25, 0.3) is 0 Å². The average molecular weight is 226 g/mol. The van der Waals surface area contributed by atoms with Crippen LogP contribution < -0.4 is 5.73 Å². The fourth-order valence-corrected chi connectivity index (χ4v) is 1.89. The standard InChI is InChI=1S/C10H12ClN3O/c11-9-8(5-7(12)6-13-9)10(15)14-3-1-2-4-14/h5-6H,1-4,12H2. The van der Waals surface area contributed by atoms with Crippen molar-refractivity contribution in [3.05, 3.63) is 23.0 Å². The molecule has 0 aliphatic carbocycles. The van der Waals surface area contributed by atoms with Gasteiger partial charge in [-0.05, 0) is 18.9 Å². The van der Waals surface area contributed by atoms with Crippen molar-refractivity contribution in [1.29, 1.82) is 0 Å². The second-order valence-electron chi connectivity index (χ2n) is 3.61. The number of aromatic nitrogens is 1. The molecule has 15 heavy (non-hydrogen) atoms. The minimum Gasteiger partial charge on any atom is -0.397 e. The molecule has 1 aromatic heterocycles. The van der Waals surface area contributed by atoms with Gasteiger partial charge in [0.1, 0.15) is 5.15 Å². The van der Waals surface area contributed by atoms with Crippen LogP contribution in [0, 0.1) is 0 Å². The zero-order chi connectivity index (χ0) is 10.8. The Kier molecular flexibility index (Phi) is 2.77. The lowest BCUT2D eigenvalue weighted by Crippen LogP contribution is -2.28. The van der Waals surface area contributed by atoms with Crippen molar-refractivity contribution in [1.82, 2.24) is 9.88 Å². The van der Waals surface area contributed by atoms with Crippen molar-refractivity contribution in [3.8, 4) is 0 Å². The highest BCUT2D eigenvalue weighted by Gasteiger charge is 2.22. The summed E-state index contributed by atoms with van der Waals surface area (Å²) < 4.78 is 0. The number of nitrogens with zero attached hydrogens (tertiary/aromatic N) is 2. The Balaban J connectivity index is 2.27. The fraction of sp³-hybridized carbons (Fsp3) is 0.400. The van der Waals surface area contributed by atoms with Gasteiger partial charge in [0.25, 0.3) is 5.91 Å². The number of nitrogens with two attached hydrogens (primary N) is 1. The normalized spacial score (nSPS) is 15.7. The van der Waals surface area contributed by atoms with Crippen LogP contribution in [0.15, 0.2) is 12.3 Å². The number of anilines is 1. The van der Waals surface area contributed by atoms with Crippen molar-refractivity contribution in [3.63, 3.8) is 0 Å². The maximum Gasteiger partial charge on any atom is 0.257 e. The number of hydrogen-bond acceptors (Lipinski definition) is 3. The lowest BCUT2D eigenvalue weighted by Gasteiger charge is -2.15. The molecule has 0 atom stereocenters. The third kappa shape index (κ3) is 2.04. The Morgan fingerprint density at radius 3 is 2.80 bits per heavy atom. The van der Waals surface area contributed by atoms with Crippen LogP contribution in [-0.2, 0) is 0 Å². The summed E-state index contributed by atoms with van der Waals surface area (Å²) in [6, 6.07) is 1.58. The number of nitrogen functional groups attached to an aromatic ring is 1. The van der Waals surface area contributed by atoms with Gasteiger partial charge in [-0.25, -0.2) is 4.98 Å². The zero-order valence-corrected chi connectivity index (χ0v) is 9.00. The van der Waals surface area contributed by atoms with Gasteiger partial charge in [-0.3, -0.25) is 4.79 Å². The average Bonchev–Trinajstić information content (AvgIpc) is 2.74. The number of halogens is 1. The maximum atomic E-state index is 12.0. The van der Waals surface area contributed by atoms with Crippen LogP contribution in [0.4, 0.5) is 5.69 Å². The van der Waals surface area contributed by atoms with Gasteiger partial charge in [0.05, 0.1) is 17.4 Å². The second kappa shape index (κ2) is 4.06. The van der Waals surface area contributed by atoms with E-state index in [1.165, 1.54) is 6.20 Å². The Morgan fingerprint density at radius 2 is 2.13 bits per heavy atom. The van der Waals surface area contributed by atoms with E-state index in [9.17, 15) is 4.79 Å². The highest BCUT2D eigenvalue weighted by atomic mass is 35.5. The molecule has 0 unspecified atom stereocenters. The molecule has 1 amide bonds. The van der Waals surface area contributed by atoms with E-state index >= 15 is 0 Å². The lowest BCUT2D eigenvalue weighted by atomic mass is 10.2. The van der Waals surface area contributed by atoms with E-state index in [1.54, 1.807) is 11.0 Å². The first kappa shape index (κ1) is 10.2. The zero-order valence-electron chi connectivity index (χ0n) is 8.24. The van der Waals surface area contributed by atoms with Crippen LogP contribution >= 0.6 is 11.6 Å². The molecule has 2 heterocycles. The lowest BCUT2D eigenvalue weighted by molar-refractivity contribution is 0.0792. The number of carbonyl (C=O) groups is 1. The molecule has 1 aromatic rings. The summed E-state index contributed by atoms with van der Waals surface area (Å²) in [7, 11) is 0. The van der Waals surface area contributed by atoms with E-state index in [4.69, 9.17) is 17.3 Å². The smallest absolute Gasteiger partial charge is 0.257 e. The molecular formula is C10H12ClN3O. The molecular weight excluding hydrogens is 214 g/mol. The Labute approximate surface area is 93.0 Å². The Bertz CT molecular complexity index is 388. The molecule has 1 aliphatic heterocycles. The van der Waals surface area contributed by atoms with Gasteiger partial charge in [0.15, 0.2) is 0 Å². The van der Waals surface area contributed by atoms with Crippen molar-refractivity contribution in [2.24, 2.45) is 0 Å². The van der Waals surface area contributed by atoms with Crippen LogP contribution in [0.1, 0.15) is 23.2 Å². The topological polar surface area (TPSA) is 59.2 Å². The molecule has 0 saturated carbocycles. The monoisotopic (exact) mass is 225 g/mol. The molecule has 4 nitrogen and oxygen atoms in total. The second-order valence-corrected chi connectivity index (χ2v) is 3.96. The Hall–Kier alpha value is -1.29. The van der Waals surface area contributed by atoms with Gasteiger partial charge in [0.2, 0.25) is 0 Å². The number of carbonyl (C=O) groups excluding carboxylic acids is 1. The summed E-state index contributed by atoms with van der Waals surface area (Å²) in [5.74, 6) is -0.0719. The van der Waals surface area contributed by atoms with Crippen molar-refractivity contribution >= 4 is 23.2 Å². The molecule has 2 rings (SSSR count). The SMILES string of the molecule is Nc1cnc(Cl)c(C(=O)N2CCCC2)c1. The highest BCUT2D eigenvalue weighted by molar-refractivity contribution is 6.32. The van der Waals surface area contributed by atoms with Gasteiger partial charge >= 0.3 is 0 Å². The van der Waals surface area contributed by atoms with Gasteiger partial charge in [-0.15, -0.1) is 0 Å². The highest BCUT2D eigenvalue weighted by Crippen LogP contribution is 2.20. The first-order valence-electron chi connectivity index (χ1n) is 4.89. The summed E-state index contributed by atoms with van der Waals surface area (Å²) in [6.07, 6.45) is 3.56. The number of amides is 1. The van der Waals surface area contributed by atoms with Gasteiger partial charge in [0, 0.05) is 13.1 Å². The number of likely N-dealkylation sites (tertiary alicyclic amines) is 1. The van der Waals surface area contributed by atoms with Crippen molar-refractivity contribution in [2.75, 3.05) is 18.8 Å². The quantitative estimate of drug-likeness (QED) is 0.738. The first-order valence-corrected chi connectivity index (χ1v) is 5.26. The minimum absolute atomic E-state index is 0.0719. The molecule has 2 N–H and O–H groups in total. The summed E-state index contributed by atoms with van der Waals surface area (Å²) in [4.78, 5) is 17.6. The van der Waals surface area contributed by atoms with Gasteiger partial charge < -0.3 is 10.6 Å². The summed E-state index contributed by atoms with van der Waals surface area (Å²) in [6.45, 7) is 1.59. The van der Waals surface area contributed by atoms with E-state index < -0.39 is 0 Å². The van der Waals surface area contributed by atoms with Gasteiger partial charge in [-0.1, -0.05) is 11.6 Å². The third-order valence-corrected chi connectivity index (χ3v) is 2.79. The van der Waals surface area contributed by atoms with Crippen LogP contribution in [0.3, 0.4) is 0 Å². The van der Waals surface area contributed by atoms with E-state index in [0.717, 1.165) is 25.9 Å². The van der Waals surface area contributed by atoms with E-state index in [0.29, 0.717) is 11.3 Å². The van der Waals surface area contributed by atoms with Crippen LogP contribution in [0.2, 0.25) is 5.15 Å². The summed E-state index contributed by atoms with van der Waals surface area (Å²) in [5, 5.41) is 0.223. The molecule has 5 heteroatoms. The number of hydrogen-bond donors (Lipinski definition) is 1. The van der Waals surface area contributed by atoms with E-state index in [2.05, 4.69) is 4.98 Å². The predicted molar refractivity (Wildman–Crippen MR) is 58.8 cm³/mol. The van der Waals surface area contributed by atoms with Crippen molar-refractivity contribution in [2.45, 2.75) is 12.8 Å². The van der Waals surface area contributed by atoms with Crippen molar-refractivity contribution < 1.29 is 4.79 Å². The van der Waals surface area contributed by atoms with Crippen LogP contribution in [0.5, 0.6) is 0 Å². The Morgan fingerprint density at radius 1 is 1.47 bits per heavy atom. The minimum atomic E-state index is -0.0719. The van der Waals surface area contributed by atoms with Gasteiger partial charge in [-0.2, -0.15) is 0 Å². The van der Waals surface area contributed by atoms with E-state index in [1.807, 2.05) is 0 Å². The maximum absolute atomic E-state index is 12.0. The molecule has 80 valence electrons. The van der Waals surface area contributed by atoms with E-state index in [-0.39, 0.29) is 11.1 Å². The third-order valence-electron chi connectivity index (χ3n) is 2.48. The molecule has 0 spiro atoms. The largest absolute Gasteiger partial charge is 0.397 e. The molecule has 1 fully saturated rings. The van der Waals surface area contributed by atoms with Crippen LogP contribution in [-0.4, -0.2) is 28.9 Å². The molecule has 0 bridgehead atoms. The molecule has 0 aromatic carbocycles. The number of rotatable bonds is 1. The predicted octanol–water partition coefficient (Wildman–Crippen LogP) is 1.55. The molecule has 1 saturated heterocycles. The first-order chi connectivity index (χ1) is 7.18.